The van der Waals surface area contributed by atoms with Crippen LogP contribution in [0.25, 0.3) is 0 Å². The summed E-state index contributed by atoms with van der Waals surface area (Å²) in [6.45, 7) is 12.0. The maximum Gasteiger partial charge on any atom is 0.472 e. The van der Waals surface area contributed by atoms with Crippen molar-refractivity contribution in [1.29, 1.82) is 0 Å². The fourth-order valence-corrected chi connectivity index (χ4v) is 13.8. The number of carbonyl (C=O) groups is 4. The van der Waals surface area contributed by atoms with Crippen molar-refractivity contribution in [2.75, 3.05) is 39.6 Å². The highest BCUT2D eigenvalue weighted by Gasteiger charge is 2.30. The number of aliphatic hydroxyl groups excluding tert-OH is 1. The minimum absolute atomic E-state index is 0.103. The lowest BCUT2D eigenvalue weighted by molar-refractivity contribution is -0.161. The van der Waals surface area contributed by atoms with E-state index in [1.54, 1.807) is 0 Å². The minimum atomic E-state index is -4.96. The third-order valence-corrected chi connectivity index (χ3v) is 21.3. The monoisotopic (exact) mass is 1450 g/mol. The highest BCUT2D eigenvalue weighted by Crippen LogP contribution is 2.45. The van der Waals surface area contributed by atoms with Crippen molar-refractivity contribution in [2.24, 2.45) is 17.8 Å². The lowest BCUT2D eigenvalue weighted by Gasteiger charge is -2.21. The van der Waals surface area contributed by atoms with Crippen LogP contribution in [0.1, 0.15) is 414 Å². The summed E-state index contributed by atoms with van der Waals surface area (Å²) in [6, 6.07) is 0. The first-order valence-corrected chi connectivity index (χ1v) is 44.4. The highest BCUT2D eigenvalue weighted by atomic mass is 31.2. The Kier molecular flexibility index (Phi) is 69.0. The molecule has 0 rings (SSSR count). The summed E-state index contributed by atoms with van der Waals surface area (Å²) < 4.78 is 68.6. The molecule has 0 radical (unpaired) electrons. The molecular weight excluding hydrogens is 1290 g/mol. The Morgan fingerprint density at radius 3 is 0.768 bits per heavy atom. The standard InChI is InChI=1S/C80H156O17P2/c1-8-11-12-13-14-15-34-39-47-54-61-77(82)91-68-76(97-80(85)64-57-50-43-42-46-53-60-73(7)10-3)70-95-99(88,89)93-66-74(81)65-92-98(86,87)94-69-75(67-90-78(83)62-55-48-40-35-30-26-23-22-24-28-32-37-44-51-58-71(4)5)96-79(84)63-56-49-41-36-31-27-21-19-17-16-18-20-25-29-33-38-45-52-59-72(6)9-2/h71-76,81H,8-70H2,1-7H3,(H,86,87)(H,88,89)/t72?,73?,74-,75-,76-/m1/s1. The summed E-state index contributed by atoms with van der Waals surface area (Å²) in [5, 5.41) is 10.6. The first-order chi connectivity index (χ1) is 47.8. The molecule has 4 unspecified atom stereocenters. The van der Waals surface area contributed by atoms with Gasteiger partial charge in [-0.1, -0.05) is 363 Å². The van der Waals surface area contributed by atoms with Crippen molar-refractivity contribution in [3.63, 3.8) is 0 Å². The van der Waals surface area contributed by atoms with Gasteiger partial charge in [-0.25, -0.2) is 9.13 Å². The molecule has 0 saturated heterocycles. The second kappa shape index (κ2) is 70.4. The maximum atomic E-state index is 13.1. The molecule has 0 spiro atoms. The van der Waals surface area contributed by atoms with Crippen molar-refractivity contribution >= 4 is 39.5 Å². The van der Waals surface area contributed by atoms with Crippen LogP contribution in [0.3, 0.4) is 0 Å². The number of esters is 4. The van der Waals surface area contributed by atoms with Gasteiger partial charge in [0.1, 0.15) is 19.3 Å². The molecular formula is C80H156O17P2. The molecule has 17 nitrogen and oxygen atoms in total. The summed E-state index contributed by atoms with van der Waals surface area (Å²) in [6.07, 6.45) is 58.4. The van der Waals surface area contributed by atoms with Crippen molar-refractivity contribution < 1.29 is 80.2 Å². The maximum absolute atomic E-state index is 13.1. The highest BCUT2D eigenvalue weighted by molar-refractivity contribution is 7.47. The van der Waals surface area contributed by atoms with Crippen LogP contribution in [0.5, 0.6) is 0 Å². The van der Waals surface area contributed by atoms with E-state index in [2.05, 4.69) is 48.5 Å². The largest absolute Gasteiger partial charge is 0.472 e. The quantitative estimate of drug-likeness (QED) is 0.0222. The van der Waals surface area contributed by atoms with Crippen molar-refractivity contribution in [2.45, 2.75) is 433 Å². The van der Waals surface area contributed by atoms with E-state index in [4.69, 9.17) is 37.0 Å². The molecule has 0 amide bonds. The van der Waals surface area contributed by atoms with Gasteiger partial charge in [-0.05, 0) is 43.4 Å². The molecule has 3 N–H and O–H groups in total. The zero-order valence-corrected chi connectivity index (χ0v) is 66.8. The summed E-state index contributed by atoms with van der Waals surface area (Å²) in [5.74, 6) is 0.274. The molecule has 19 heteroatoms. The van der Waals surface area contributed by atoms with E-state index in [0.717, 1.165) is 108 Å². The van der Waals surface area contributed by atoms with E-state index in [-0.39, 0.29) is 25.7 Å². The van der Waals surface area contributed by atoms with Gasteiger partial charge in [0, 0.05) is 25.7 Å². The summed E-state index contributed by atoms with van der Waals surface area (Å²) in [7, 11) is -9.91. The van der Waals surface area contributed by atoms with E-state index in [1.165, 1.54) is 225 Å². The average Bonchev–Trinajstić information content (AvgIpc) is 1.09. The van der Waals surface area contributed by atoms with Gasteiger partial charge in [0.25, 0.3) is 0 Å². The summed E-state index contributed by atoms with van der Waals surface area (Å²) in [5.41, 5.74) is 0. The molecule has 0 bridgehead atoms. The van der Waals surface area contributed by atoms with Crippen LogP contribution in [0.15, 0.2) is 0 Å². The van der Waals surface area contributed by atoms with Gasteiger partial charge in [0.2, 0.25) is 0 Å². The van der Waals surface area contributed by atoms with Crippen LogP contribution in [-0.4, -0.2) is 96.7 Å². The van der Waals surface area contributed by atoms with Gasteiger partial charge >= 0.3 is 39.5 Å². The van der Waals surface area contributed by atoms with Crippen LogP contribution in [0, 0.1) is 17.8 Å². The van der Waals surface area contributed by atoms with E-state index in [1.807, 2.05) is 0 Å². The van der Waals surface area contributed by atoms with E-state index >= 15 is 0 Å². The number of phosphoric ester groups is 2. The Morgan fingerprint density at radius 1 is 0.293 bits per heavy atom. The number of hydrogen-bond acceptors (Lipinski definition) is 15. The number of phosphoric acid groups is 2. The van der Waals surface area contributed by atoms with Gasteiger partial charge in [-0.2, -0.15) is 0 Å². The third-order valence-electron chi connectivity index (χ3n) is 19.4. The van der Waals surface area contributed by atoms with Crippen molar-refractivity contribution in [1.82, 2.24) is 0 Å². The fraction of sp³-hybridized carbons (Fsp3) is 0.950. The molecule has 0 aliphatic heterocycles. The zero-order chi connectivity index (χ0) is 73.0. The smallest absolute Gasteiger partial charge is 0.462 e. The molecule has 0 aliphatic rings. The molecule has 0 aromatic carbocycles. The van der Waals surface area contributed by atoms with Gasteiger partial charge in [0.15, 0.2) is 12.2 Å². The lowest BCUT2D eigenvalue weighted by atomic mass is 9.99. The molecule has 0 fully saturated rings. The minimum Gasteiger partial charge on any atom is -0.462 e. The van der Waals surface area contributed by atoms with Crippen LogP contribution in [-0.2, 0) is 65.4 Å². The number of unbranched alkanes of at least 4 members (excludes halogenated alkanes) is 44. The number of ether oxygens (including phenoxy) is 4. The number of rotatable bonds is 78. The van der Waals surface area contributed by atoms with Crippen molar-refractivity contribution in [3.8, 4) is 0 Å². The third kappa shape index (κ3) is 71.5. The summed E-state index contributed by atoms with van der Waals surface area (Å²) >= 11 is 0. The van der Waals surface area contributed by atoms with Crippen LogP contribution >= 0.6 is 15.6 Å². The Balaban J connectivity index is 5.19. The topological polar surface area (TPSA) is 237 Å². The first kappa shape index (κ1) is 97.1. The molecule has 7 atom stereocenters. The van der Waals surface area contributed by atoms with Gasteiger partial charge < -0.3 is 33.8 Å². The Labute approximate surface area is 607 Å². The lowest BCUT2D eigenvalue weighted by Crippen LogP contribution is -2.30. The molecule has 99 heavy (non-hydrogen) atoms. The number of aliphatic hydroxyl groups is 1. The van der Waals surface area contributed by atoms with Gasteiger partial charge in [0.05, 0.1) is 26.4 Å². The second-order valence-corrected chi connectivity index (χ2v) is 32.7. The predicted molar refractivity (Wildman–Crippen MR) is 405 cm³/mol. The van der Waals surface area contributed by atoms with Gasteiger partial charge in [-0.15, -0.1) is 0 Å². The van der Waals surface area contributed by atoms with E-state index in [9.17, 15) is 43.2 Å². The van der Waals surface area contributed by atoms with Crippen LogP contribution in [0.2, 0.25) is 0 Å². The predicted octanol–water partition coefficient (Wildman–Crippen LogP) is 23.7. The van der Waals surface area contributed by atoms with Crippen LogP contribution < -0.4 is 0 Å². The van der Waals surface area contributed by atoms with E-state index in [0.29, 0.717) is 25.7 Å². The molecule has 0 heterocycles. The molecule has 0 saturated carbocycles. The second-order valence-electron chi connectivity index (χ2n) is 29.8. The Hall–Kier alpha value is -1.94. The van der Waals surface area contributed by atoms with Gasteiger partial charge in [-0.3, -0.25) is 37.3 Å². The Morgan fingerprint density at radius 2 is 0.515 bits per heavy atom. The fourth-order valence-electron chi connectivity index (χ4n) is 12.2. The molecule has 0 aliphatic carbocycles. The SMILES string of the molecule is CCCCCCCCCCCCC(=O)OC[C@H](COP(=O)(O)OC[C@H](O)COP(=O)(O)OC[C@@H](COC(=O)CCCCCCCCCCCCCCCCC(C)C)OC(=O)CCCCCCCCCCCCCCCCCCCCC(C)CC)OC(=O)CCCCCCCCC(C)CC. The van der Waals surface area contributed by atoms with Crippen molar-refractivity contribution in [3.05, 3.63) is 0 Å². The Bertz CT molecular complexity index is 1930. The summed E-state index contributed by atoms with van der Waals surface area (Å²) in [4.78, 5) is 72.9. The first-order valence-electron chi connectivity index (χ1n) is 41.4. The zero-order valence-electron chi connectivity index (χ0n) is 65.0. The molecule has 0 aromatic heterocycles. The van der Waals surface area contributed by atoms with E-state index < -0.39 is 97.5 Å². The normalized spacial score (nSPS) is 14.5. The van der Waals surface area contributed by atoms with Crippen LogP contribution in [0.4, 0.5) is 0 Å². The molecule has 588 valence electrons. The average molecular weight is 1450 g/mol. The molecule has 0 aromatic rings. The number of carbonyl (C=O) groups excluding carboxylic acids is 4. The number of hydrogen-bond donors (Lipinski definition) is 3.